The van der Waals surface area contributed by atoms with Crippen molar-refractivity contribution in [3.63, 3.8) is 0 Å². The van der Waals surface area contributed by atoms with E-state index in [9.17, 15) is 4.39 Å². The van der Waals surface area contributed by atoms with Crippen molar-refractivity contribution in [2.45, 2.75) is 45.6 Å². The van der Waals surface area contributed by atoms with Crippen molar-refractivity contribution in [3.05, 3.63) is 34.1 Å². The molecule has 100 valence electrons. The molecule has 1 fully saturated rings. The van der Waals surface area contributed by atoms with Crippen LogP contribution in [0.3, 0.4) is 0 Å². The fourth-order valence-corrected chi connectivity index (χ4v) is 3.51. The maximum atomic E-state index is 13.5. The molecular formula is C15H21ClFN. The fraction of sp³-hybridized carbons (Fsp3) is 0.600. The molecule has 1 aliphatic rings. The van der Waals surface area contributed by atoms with Crippen LogP contribution >= 0.6 is 11.6 Å². The van der Waals surface area contributed by atoms with Crippen LogP contribution in [0.5, 0.6) is 0 Å². The predicted molar refractivity (Wildman–Crippen MR) is 74.5 cm³/mol. The van der Waals surface area contributed by atoms with Crippen LogP contribution in [0.25, 0.3) is 0 Å². The van der Waals surface area contributed by atoms with Crippen molar-refractivity contribution < 1.29 is 4.39 Å². The first-order chi connectivity index (χ1) is 8.48. The summed E-state index contributed by atoms with van der Waals surface area (Å²) in [6.07, 6.45) is 4.94. The van der Waals surface area contributed by atoms with Gasteiger partial charge in [0.15, 0.2) is 0 Å². The summed E-state index contributed by atoms with van der Waals surface area (Å²) in [6.45, 7) is 4.09. The number of benzene rings is 1. The Bertz CT molecular complexity index is 438. The largest absolute Gasteiger partial charge is 0.312 e. The van der Waals surface area contributed by atoms with Gasteiger partial charge in [-0.2, -0.15) is 0 Å². The van der Waals surface area contributed by atoms with Gasteiger partial charge in [0.05, 0.1) is 0 Å². The molecule has 0 heterocycles. The summed E-state index contributed by atoms with van der Waals surface area (Å²) in [5.41, 5.74) is 1.92. The van der Waals surface area contributed by atoms with Gasteiger partial charge in [0, 0.05) is 11.1 Å². The van der Waals surface area contributed by atoms with Crippen LogP contribution in [0, 0.1) is 18.2 Å². The van der Waals surface area contributed by atoms with Gasteiger partial charge in [-0.1, -0.05) is 37.4 Å². The Morgan fingerprint density at radius 1 is 1.33 bits per heavy atom. The lowest BCUT2D eigenvalue weighted by Gasteiger charge is -2.35. The Morgan fingerprint density at radius 3 is 2.50 bits per heavy atom. The highest BCUT2D eigenvalue weighted by Gasteiger charge is 2.38. The molecule has 1 saturated carbocycles. The highest BCUT2D eigenvalue weighted by molar-refractivity contribution is 6.31. The summed E-state index contributed by atoms with van der Waals surface area (Å²) in [5.74, 6) is -0.227. The summed E-state index contributed by atoms with van der Waals surface area (Å²) in [4.78, 5) is 0. The van der Waals surface area contributed by atoms with E-state index in [0.29, 0.717) is 10.6 Å². The molecule has 1 aromatic carbocycles. The minimum Gasteiger partial charge on any atom is -0.312 e. The first-order valence-corrected chi connectivity index (χ1v) is 6.98. The molecule has 1 unspecified atom stereocenters. The van der Waals surface area contributed by atoms with E-state index in [-0.39, 0.29) is 17.3 Å². The molecule has 0 spiro atoms. The van der Waals surface area contributed by atoms with Crippen LogP contribution in [0.1, 0.15) is 49.8 Å². The summed E-state index contributed by atoms with van der Waals surface area (Å²) >= 11 is 6.24. The van der Waals surface area contributed by atoms with E-state index in [0.717, 1.165) is 5.56 Å². The summed E-state index contributed by atoms with van der Waals surface area (Å²) in [7, 11) is 1.96. The molecule has 1 aromatic rings. The van der Waals surface area contributed by atoms with Gasteiger partial charge in [-0.05, 0) is 49.4 Å². The van der Waals surface area contributed by atoms with Gasteiger partial charge in [0.2, 0.25) is 0 Å². The maximum Gasteiger partial charge on any atom is 0.127 e. The number of hydrogen-bond acceptors (Lipinski definition) is 1. The number of aryl methyl sites for hydroxylation is 1. The van der Waals surface area contributed by atoms with Gasteiger partial charge in [0.1, 0.15) is 5.82 Å². The zero-order valence-corrected chi connectivity index (χ0v) is 12.1. The van der Waals surface area contributed by atoms with Gasteiger partial charge in [-0.25, -0.2) is 4.39 Å². The van der Waals surface area contributed by atoms with Gasteiger partial charge in [-0.3, -0.25) is 0 Å². The molecular weight excluding hydrogens is 249 g/mol. The van der Waals surface area contributed by atoms with E-state index in [1.165, 1.54) is 31.7 Å². The third kappa shape index (κ3) is 2.41. The molecule has 0 aromatic heterocycles. The second-order valence-corrected chi connectivity index (χ2v) is 6.11. The Hall–Kier alpha value is -0.600. The van der Waals surface area contributed by atoms with E-state index in [1.54, 1.807) is 6.92 Å². The second-order valence-electron chi connectivity index (χ2n) is 5.71. The average molecular weight is 270 g/mol. The van der Waals surface area contributed by atoms with Gasteiger partial charge < -0.3 is 5.32 Å². The lowest BCUT2D eigenvalue weighted by molar-refractivity contribution is 0.233. The van der Waals surface area contributed by atoms with Crippen molar-refractivity contribution in [3.8, 4) is 0 Å². The number of nitrogens with one attached hydrogen (secondary N) is 1. The van der Waals surface area contributed by atoms with Gasteiger partial charge in [-0.15, -0.1) is 0 Å². The normalized spacial score (nSPS) is 20.1. The van der Waals surface area contributed by atoms with Crippen molar-refractivity contribution in [1.82, 2.24) is 5.32 Å². The molecule has 0 aliphatic heterocycles. The van der Waals surface area contributed by atoms with Crippen molar-refractivity contribution >= 4 is 11.6 Å². The molecule has 2 rings (SSSR count). The first kappa shape index (κ1) is 13.8. The third-order valence-corrected chi connectivity index (χ3v) is 4.65. The lowest BCUT2D eigenvalue weighted by Crippen LogP contribution is -2.32. The lowest BCUT2D eigenvalue weighted by atomic mass is 9.77. The second kappa shape index (κ2) is 5.18. The van der Waals surface area contributed by atoms with Crippen LogP contribution in [-0.2, 0) is 0 Å². The number of hydrogen-bond donors (Lipinski definition) is 1. The summed E-state index contributed by atoms with van der Waals surface area (Å²) in [5, 5.41) is 3.91. The first-order valence-electron chi connectivity index (χ1n) is 6.61. The minimum atomic E-state index is -0.227. The fourth-order valence-electron chi connectivity index (χ4n) is 3.25. The smallest absolute Gasteiger partial charge is 0.127 e. The minimum absolute atomic E-state index is 0.201. The van der Waals surface area contributed by atoms with E-state index < -0.39 is 0 Å². The molecule has 0 amide bonds. The summed E-state index contributed by atoms with van der Waals surface area (Å²) in [6, 6.07) is 3.53. The molecule has 0 radical (unpaired) electrons. The van der Waals surface area contributed by atoms with E-state index in [2.05, 4.69) is 12.2 Å². The summed E-state index contributed by atoms with van der Waals surface area (Å²) < 4.78 is 13.5. The molecule has 3 heteroatoms. The van der Waals surface area contributed by atoms with Crippen molar-refractivity contribution in [1.29, 1.82) is 0 Å². The van der Waals surface area contributed by atoms with E-state index in [1.807, 2.05) is 13.1 Å². The standard InChI is InChI=1S/C15H21ClFN/c1-10-8-11(12(16)9-13(10)17)14(18-3)15(2)6-4-5-7-15/h8-9,14,18H,4-7H2,1-3H3. The zero-order valence-electron chi connectivity index (χ0n) is 11.3. The van der Waals surface area contributed by atoms with Crippen LogP contribution in [0.15, 0.2) is 12.1 Å². The van der Waals surface area contributed by atoms with Crippen molar-refractivity contribution in [2.75, 3.05) is 7.05 Å². The zero-order chi connectivity index (χ0) is 13.3. The van der Waals surface area contributed by atoms with E-state index >= 15 is 0 Å². The topological polar surface area (TPSA) is 12.0 Å². The van der Waals surface area contributed by atoms with Crippen LogP contribution in [0.2, 0.25) is 5.02 Å². The Kier molecular flexibility index (Phi) is 3.98. The van der Waals surface area contributed by atoms with Crippen LogP contribution in [-0.4, -0.2) is 7.05 Å². The van der Waals surface area contributed by atoms with Gasteiger partial charge >= 0.3 is 0 Å². The quantitative estimate of drug-likeness (QED) is 0.844. The molecule has 1 atom stereocenters. The SMILES string of the molecule is CNC(c1cc(C)c(F)cc1Cl)C1(C)CCCC1. The predicted octanol–water partition coefficient (Wildman–Crippen LogP) is 4.63. The molecule has 1 N–H and O–H groups in total. The average Bonchev–Trinajstić information content (AvgIpc) is 2.74. The Labute approximate surface area is 114 Å². The Morgan fingerprint density at radius 2 is 1.94 bits per heavy atom. The molecule has 1 aliphatic carbocycles. The molecule has 0 bridgehead atoms. The number of rotatable bonds is 3. The Balaban J connectivity index is 2.41. The van der Waals surface area contributed by atoms with E-state index in [4.69, 9.17) is 11.6 Å². The maximum absolute atomic E-state index is 13.5. The van der Waals surface area contributed by atoms with Crippen LogP contribution in [0.4, 0.5) is 4.39 Å². The highest BCUT2D eigenvalue weighted by atomic mass is 35.5. The highest BCUT2D eigenvalue weighted by Crippen LogP contribution is 2.48. The molecule has 0 saturated heterocycles. The molecule has 18 heavy (non-hydrogen) atoms. The third-order valence-electron chi connectivity index (χ3n) is 4.32. The van der Waals surface area contributed by atoms with Gasteiger partial charge in [0.25, 0.3) is 0 Å². The monoisotopic (exact) mass is 269 g/mol. The van der Waals surface area contributed by atoms with Crippen molar-refractivity contribution in [2.24, 2.45) is 5.41 Å². The molecule has 1 nitrogen and oxygen atoms in total. The van der Waals surface area contributed by atoms with Crippen LogP contribution < -0.4 is 5.32 Å². The number of halogens is 2.